The normalized spacial score (nSPS) is 15.3. The van der Waals surface area contributed by atoms with E-state index in [1.807, 2.05) is 32.0 Å². The number of hydrogen-bond donors (Lipinski definition) is 3. The zero-order valence-electron chi connectivity index (χ0n) is 18.0. The summed E-state index contributed by atoms with van der Waals surface area (Å²) in [6, 6.07) is 8.14. The second-order valence-electron chi connectivity index (χ2n) is 7.80. The maximum Gasteiger partial charge on any atom is 0.213 e. The maximum absolute atomic E-state index is 12.1. The first-order chi connectivity index (χ1) is 14.5. The summed E-state index contributed by atoms with van der Waals surface area (Å²) in [5, 5.41) is 6.30. The number of imidazole rings is 1. The zero-order chi connectivity index (χ0) is 21.4. The number of fused-ring (bicyclic) bond motifs is 1. The molecule has 1 heterocycles. The molecule has 3 rings (SSSR count). The van der Waals surface area contributed by atoms with Gasteiger partial charge in [0.05, 0.1) is 16.8 Å². The fraction of sp³-hybridized carbons (Fsp3) is 0.619. The van der Waals surface area contributed by atoms with E-state index in [1.54, 1.807) is 0 Å². The Morgan fingerprint density at radius 2 is 2.07 bits per heavy atom. The van der Waals surface area contributed by atoms with Crippen molar-refractivity contribution in [2.75, 3.05) is 31.9 Å². The summed E-state index contributed by atoms with van der Waals surface area (Å²) in [6.45, 7) is 7.13. The molecule has 1 aromatic carbocycles. The summed E-state index contributed by atoms with van der Waals surface area (Å²) in [5.74, 6) is 2.22. The Morgan fingerprint density at radius 3 is 2.80 bits per heavy atom. The zero-order valence-corrected chi connectivity index (χ0v) is 18.8. The summed E-state index contributed by atoms with van der Waals surface area (Å²) < 4.78 is 29.2. The maximum atomic E-state index is 12.1. The minimum atomic E-state index is -3.25. The van der Waals surface area contributed by atoms with E-state index in [0.29, 0.717) is 31.5 Å². The molecule has 0 saturated heterocycles. The fourth-order valence-electron chi connectivity index (χ4n) is 3.56. The highest BCUT2D eigenvalue weighted by Crippen LogP contribution is 2.25. The molecule has 0 spiro atoms. The first-order valence-corrected chi connectivity index (χ1v) is 12.5. The van der Waals surface area contributed by atoms with Crippen molar-refractivity contribution < 1.29 is 8.42 Å². The van der Waals surface area contributed by atoms with Crippen LogP contribution in [0.4, 0.5) is 0 Å². The average Bonchev–Trinajstić information content (AvgIpc) is 2.99. The first-order valence-electron chi connectivity index (χ1n) is 10.9. The van der Waals surface area contributed by atoms with Gasteiger partial charge in [0.25, 0.3) is 0 Å². The number of aromatic nitrogens is 2. The Bertz CT molecular complexity index is 950. The molecule has 1 fully saturated rings. The third kappa shape index (κ3) is 6.43. The third-order valence-corrected chi connectivity index (χ3v) is 6.83. The van der Waals surface area contributed by atoms with Gasteiger partial charge in [-0.1, -0.05) is 18.6 Å². The molecule has 2 aromatic rings. The summed E-state index contributed by atoms with van der Waals surface area (Å²) in [7, 11) is -3.25. The number of benzene rings is 1. The van der Waals surface area contributed by atoms with E-state index in [-0.39, 0.29) is 5.75 Å². The van der Waals surface area contributed by atoms with Gasteiger partial charge in [0, 0.05) is 32.7 Å². The monoisotopic (exact) mass is 434 g/mol. The molecule has 0 bridgehead atoms. The molecular weight excluding hydrogens is 400 g/mol. The van der Waals surface area contributed by atoms with Crippen molar-refractivity contribution >= 4 is 27.0 Å². The minimum Gasteiger partial charge on any atom is -0.357 e. The van der Waals surface area contributed by atoms with E-state index in [9.17, 15) is 8.42 Å². The Morgan fingerprint density at radius 1 is 1.27 bits per heavy atom. The van der Waals surface area contributed by atoms with Crippen molar-refractivity contribution in [3.05, 3.63) is 30.1 Å². The lowest BCUT2D eigenvalue weighted by Gasteiger charge is -2.25. The molecule has 30 heavy (non-hydrogen) atoms. The van der Waals surface area contributed by atoms with E-state index in [2.05, 4.69) is 36.0 Å². The molecule has 3 N–H and O–H groups in total. The molecule has 1 aliphatic carbocycles. The van der Waals surface area contributed by atoms with Gasteiger partial charge >= 0.3 is 0 Å². The van der Waals surface area contributed by atoms with Crippen LogP contribution in [-0.4, -0.2) is 55.9 Å². The quantitative estimate of drug-likeness (QED) is 0.285. The van der Waals surface area contributed by atoms with Crippen LogP contribution in [0.3, 0.4) is 0 Å². The first kappa shape index (κ1) is 22.6. The van der Waals surface area contributed by atoms with Gasteiger partial charge in [-0.3, -0.25) is 4.99 Å². The molecule has 0 amide bonds. The van der Waals surface area contributed by atoms with Crippen molar-refractivity contribution in [1.29, 1.82) is 0 Å². The Balaban J connectivity index is 1.44. The molecule has 0 radical (unpaired) electrons. The van der Waals surface area contributed by atoms with Crippen molar-refractivity contribution in [2.45, 2.75) is 46.1 Å². The molecule has 166 valence electrons. The van der Waals surface area contributed by atoms with Crippen LogP contribution in [0.2, 0.25) is 0 Å². The smallest absolute Gasteiger partial charge is 0.213 e. The number of para-hydroxylation sites is 2. The highest BCUT2D eigenvalue weighted by atomic mass is 32.2. The topological polar surface area (TPSA) is 100 Å². The number of aliphatic imine (C=N–C) groups is 1. The summed E-state index contributed by atoms with van der Waals surface area (Å²) >= 11 is 0. The lowest BCUT2D eigenvalue weighted by molar-refractivity contribution is 0.316. The van der Waals surface area contributed by atoms with Gasteiger partial charge in [-0.2, -0.15) is 0 Å². The van der Waals surface area contributed by atoms with Crippen molar-refractivity contribution in [3.8, 4) is 0 Å². The third-order valence-electron chi connectivity index (χ3n) is 5.48. The molecular formula is C21H34N6O2S. The van der Waals surface area contributed by atoms with Gasteiger partial charge in [0.15, 0.2) is 5.96 Å². The average molecular weight is 435 g/mol. The van der Waals surface area contributed by atoms with Crippen molar-refractivity contribution in [1.82, 2.24) is 24.9 Å². The lowest BCUT2D eigenvalue weighted by atomic mass is 9.86. The van der Waals surface area contributed by atoms with Gasteiger partial charge in [0.1, 0.15) is 5.82 Å². The molecule has 1 aliphatic rings. The summed E-state index contributed by atoms with van der Waals surface area (Å²) in [4.78, 5) is 9.18. The molecule has 8 nitrogen and oxygen atoms in total. The van der Waals surface area contributed by atoms with Gasteiger partial charge < -0.3 is 15.2 Å². The van der Waals surface area contributed by atoms with E-state index in [4.69, 9.17) is 0 Å². The van der Waals surface area contributed by atoms with E-state index >= 15 is 0 Å². The highest BCUT2D eigenvalue weighted by Gasteiger charge is 2.20. The van der Waals surface area contributed by atoms with Gasteiger partial charge in [-0.05, 0) is 51.2 Å². The van der Waals surface area contributed by atoms with Crippen LogP contribution in [0.5, 0.6) is 0 Å². The summed E-state index contributed by atoms with van der Waals surface area (Å²) in [5.41, 5.74) is 2.16. The van der Waals surface area contributed by atoms with Crippen LogP contribution in [-0.2, 0) is 16.6 Å². The minimum absolute atomic E-state index is 0.0460. The fourth-order valence-corrected chi connectivity index (χ4v) is 4.56. The van der Waals surface area contributed by atoms with Crippen LogP contribution < -0.4 is 15.4 Å². The van der Waals surface area contributed by atoms with Crippen LogP contribution >= 0.6 is 0 Å². The van der Waals surface area contributed by atoms with Crippen LogP contribution in [0, 0.1) is 12.8 Å². The highest BCUT2D eigenvalue weighted by molar-refractivity contribution is 7.89. The standard InChI is InChI=1S/C21H34N6O2S/c1-3-22-21(24-13-15-30(28,29)25-16-18-8-6-9-18)23-12-7-14-27-17(2)26-19-10-4-5-11-20(19)27/h4-5,10-11,18,25H,3,6-9,12-16H2,1-2H3,(H2,22,23,24). The number of aryl methyl sites for hydroxylation is 2. The molecule has 0 unspecified atom stereocenters. The van der Waals surface area contributed by atoms with E-state index in [0.717, 1.165) is 49.2 Å². The number of rotatable bonds is 11. The Labute approximate surface area is 179 Å². The number of sulfonamides is 1. The molecule has 1 saturated carbocycles. The second-order valence-corrected chi connectivity index (χ2v) is 9.73. The number of guanidine groups is 1. The van der Waals surface area contributed by atoms with Crippen LogP contribution in [0.15, 0.2) is 29.3 Å². The Hall–Kier alpha value is -2.13. The SMILES string of the molecule is CCNC(=NCCCn1c(C)nc2ccccc21)NCCS(=O)(=O)NCC1CCC1. The number of nitrogens with one attached hydrogen (secondary N) is 3. The Kier molecular flexibility index (Phi) is 8.09. The van der Waals surface area contributed by atoms with Crippen molar-refractivity contribution in [3.63, 3.8) is 0 Å². The van der Waals surface area contributed by atoms with Crippen LogP contribution in [0.25, 0.3) is 11.0 Å². The number of hydrogen-bond acceptors (Lipinski definition) is 4. The summed E-state index contributed by atoms with van der Waals surface area (Å²) in [6.07, 6.45) is 4.35. The van der Waals surface area contributed by atoms with Crippen LogP contribution in [0.1, 0.15) is 38.4 Å². The van der Waals surface area contributed by atoms with E-state index in [1.165, 1.54) is 6.42 Å². The largest absolute Gasteiger partial charge is 0.357 e. The van der Waals surface area contributed by atoms with Gasteiger partial charge in [-0.15, -0.1) is 0 Å². The van der Waals surface area contributed by atoms with E-state index < -0.39 is 10.0 Å². The molecule has 0 atom stereocenters. The predicted molar refractivity (Wildman–Crippen MR) is 122 cm³/mol. The molecule has 1 aromatic heterocycles. The second kappa shape index (κ2) is 10.8. The van der Waals surface area contributed by atoms with Gasteiger partial charge in [0.2, 0.25) is 10.0 Å². The number of nitrogens with zero attached hydrogens (tertiary/aromatic N) is 3. The molecule has 9 heteroatoms. The molecule has 0 aliphatic heterocycles. The lowest BCUT2D eigenvalue weighted by Crippen LogP contribution is -2.42. The predicted octanol–water partition coefficient (Wildman–Crippen LogP) is 2.01. The van der Waals surface area contributed by atoms with Gasteiger partial charge in [-0.25, -0.2) is 18.1 Å². The van der Waals surface area contributed by atoms with Crippen molar-refractivity contribution in [2.24, 2.45) is 10.9 Å².